The van der Waals surface area contributed by atoms with Crippen molar-refractivity contribution in [3.63, 3.8) is 0 Å². The van der Waals surface area contributed by atoms with Crippen molar-refractivity contribution in [1.29, 1.82) is 0 Å². The molecule has 3 heteroatoms. The van der Waals surface area contributed by atoms with Crippen molar-refractivity contribution < 1.29 is 4.74 Å². The largest absolute Gasteiger partial charge is 0.494 e. The van der Waals surface area contributed by atoms with E-state index in [1.165, 1.54) is 44.1 Å². The van der Waals surface area contributed by atoms with Gasteiger partial charge in [-0.25, -0.2) is 0 Å². The highest BCUT2D eigenvalue weighted by molar-refractivity contribution is 9.10. The van der Waals surface area contributed by atoms with Crippen LogP contribution in [0.3, 0.4) is 0 Å². The molecule has 0 aromatic heterocycles. The maximum atomic E-state index is 6.72. The molecule has 1 aliphatic carbocycles. The van der Waals surface area contributed by atoms with Crippen molar-refractivity contribution in [3.8, 4) is 5.75 Å². The maximum absolute atomic E-state index is 6.72. The smallest absolute Gasteiger partial charge is 0.120 e. The third-order valence-corrected chi connectivity index (χ3v) is 5.17. The number of hydrogen-bond donors (Lipinski definition) is 0. The molecule has 0 aliphatic heterocycles. The highest BCUT2D eigenvalue weighted by Crippen LogP contribution is 2.41. The van der Waals surface area contributed by atoms with E-state index in [2.05, 4.69) is 22.0 Å². The molecule has 0 saturated heterocycles. The van der Waals surface area contributed by atoms with Crippen LogP contribution in [0.1, 0.15) is 56.4 Å². The summed E-state index contributed by atoms with van der Waals surface area (Å²) in [7, 11) is 0. The Bertz CT molecular complexity index is 400. The maximum Gasteiger partial charge on any atom is 0.120 e. The Morgan fingerprint density at radius 1 is 1.26 bits per heavy atom. The van der Waals surface area contributed by atoms with E-state index in [-0.39, 0.29) is 5.38 Å². The molecule has 0 amide bonds. The van der Waals surface area contributed by atoms with Gasteiger partial charge >= 0.3 is 0 Å². The third-order valence-electron chi connectivity index (χ3n) is 3.89. The molecule has 1 aromatic carbocycles. The van der Waals surface area contributed by atoms with Crippen LogP contribution in [0.4, 0.5) is 0 Å². The van der Waals surface area contributed by atoms with Gasteiger partial charge in [0.1, 0.15) is 5.75 Å². The SMILES string of the molecule is CCOc1ccc(C(Cl)C2CCCCCC2)c(Br)c1. The zero-order valence-electron chi connectivity index (χ0n) is 11.5. The van der Waals surface area contributed by atoms with Crippen LogP contribution >= 0.6 is 27.5 Å². The minimum absolute atomic E-state index is 0.114. The van der Waals surface area contributed by atoms with Gasteiger partial charge < -0.3 is 4.74 Å². The second-order valence-corrected chi connectivity index (χ2v) is 6.59. The fourth-order valence-corrected chi connectivity index (χ4v) is 4.02. The Morgan fingerprint density at radius 2 is 1.95 bits per heavy atom. The molecule has 0 heterocycles. The summed E-state index contributed by atoms with van der Waals surface area (Å²) in [4.78, 5) is 0. The molecule has 1 nitrogen and oxygen atoms in total. The highest BCUT2D eigenvalue weighted by atomic mass is 79.9. The van der Waals surface area contributed by atoms with Gasteiger partial charge in [0, 0.05) is 4.47 Å². The summed E-state index contributed by atoms with van der Waals surface area (Å²) in [6, 6.07) is 6.16. The van der Waals surface area contributed by atoms with Crippen LogP contribution in [0, 0.1) is 5.92 Å². The predicted octanol–water partition coefficient (Wildman–Crippen LogP) is 6.10. The summed E-state index contributed by atoms with van der Waals surface area (Å²) >= 11 is 10.4. The molecule has 0 bridgehead atoms. The lowest BCUT2D eigenvalue weighted by Crippen LogP contribution is -2.08. The summed E-state index contributed by atoms with van der Waals surface area (Å²) in [5.74, 6) is 1.52. The minimum atomic E-state index is 0.114. The average molecular weight is 346 g/mol. The molecule has 1 unspecified atom stereocenters. The van der Waals surface area contributed by atoms with Gasteiger partial charge in [-0.05, 0) is 43.4 Å². The molecule has 2 rings (SSSR count). The van der Waals surface area contributed by atoms with Crippen molar-refractivity contribution in [2.24, 2.45) is 5.92 Å². The monoisotopic (exact) mass is 344 g/mol. The first kappa shape index (κ1) is 15.2. The molecule has 1 aromatic rings. The fourth-order valence-electron chi connectivity index (χ4n) is 2.85. The third kappa shape index (κ3) is 4.13. The van der Waals surface area contributed by atoms with E-state index < -0.39 is 0 Å². The first-order valence-corrected chi connectivity index (χ1v) is 8.51. The Kier molecular flexibility index (Phi) is 6.03. The van der Waals surface area contributed by atoms with Crippen molar-refractivity contribution in [3.05, 3.63) is 28.2 Å². The number of ether oxygens (including phenoxy) is 1. The number of halogens is 2. The zero-order chi connectivity index (χ0) is 13.7. The normalized spacial score (nSPS) is 18.9. The van der Waals surface area contributed by atoms with Crippen LogP contribution in [0.2, 0.25) is 0 Å². The van der Waals surface area contributed by atoms with Gasteiger partial charge in [-0.3, -0.25) is 0 Å². The molecule has 19 heavy (non-hydrogen) atoms. The molecule has 1 atom stereocenters. The molecule has 1 fully saturated rings. The van der Waals surface area contributed by atoms with E-state index in [0.29, 0.717) is 12.5 Å². The quantitative estimate of drug-likeness (QED) is 0.473. The van der Waals surface area contributed by atoms with Crippen LogP contribution < -0.4 is 4.74 Å². The highest BCUT2D eigenvalue weighted by Gasteiger charge is 2.24. The lowest BCUT2D eigenvalue weighted by Gasteiger charge is -2.22. The predicted molar refractivity (Wildman–Crippen MR) is 85.1 cm³/mol. The van der Waals surface area contributed by atoms with Crippen molar-refractivity contribution in [1.82, 2.24) is 0 Å². The zero-order valence-corrected chi connectivity index (χ0v) is 13.8. The molecule has 106 valence electrons. The summed E-state index contributed by atoms with van der Waals surface area (Å²) in [6.07, 6.45) is 7.89. The van der Waals surface area contributed by atoms with Gasteiger partial charge in [0.05, 0.1) is 12.0 Å². The summed E-state index contributed by atoms with van der Waals surface area (Å²) in [6.45, 7) is 2.69. The van der Waals surface area contributed by atoms with E-state index in [9.17, 15) is 0 Å². The fraction of sp³-hybridized carbons (Fsp3) is 0.625. The molecule has 0 N–H and O–H groups in total. The number of alkyl halides is 1. The van der Waals surface area contributed by atoms with Gasteiger partial charge in [-0.15, -0.1) is 11.6 Å². The van der Waals surface area contributed by atoms with E-state index >= 15 is 0 Å². The Balaban J connectivity index is 2.11. The van der Waals surface area contributed by atoms with Crippen molar-refractivity contribution >= 4 is 27.5 Å². The van der Waals surface area contributed by atoms with Crippen LogP contribution in [-0.2, 0) is 0 Å². The van der Waals surface area contributed by atoms with E-state index in [1.54, 1.807) is 0 Å². The van der Waals surface area contributed by atoms with Crippen molar-refractivity contribution in [2.75, 3.05) is 6.61 Å². The number of hydrogen-bond acceptors (Lipinski definition) is 1. The van der Waals surface area contributed by atoms with Crippen molar-refractivity contribution in [2.45, 2.75) is 50.8 Å². The summed E-state index contributed by atoms with van der Waals surface area (Å²) in [5.41, 5.74) is 1.21. The van der Waals surface area contributed by atoms with Crippen LogP contribution in [-0.4, -0.2) is 6.61 Å². The molecule has 1 aliphatic rings. The second kappa shape index (κ2) is 7.54. The lowest BCUT2D eigenvalue weighted by molar-refractivity contribution is 0.339. The van der Waals surface area contributed by atoms with Gasteiger partial charge in [-0.2, -0.15) is 0 Å². The van der Waals surface area contributed by atoms with Gasteiger partial charge in [0.15, 0.2) is 0 Å². The number of benzene rings is 1. The molecule has 0 radical (unpaired) electrons. The van der Waals surface area contributed by atoms with E-state index in [1.807, 2.05) is 19.1 Å². The van der Waals surface area contributed by atoms with Crippen LogP contribution in [0.25, 0.3) is 0 Å². The Hall–Kier alpha value is -0.210. The molecular formula is C16H22BrClO. The molecule has 0 spiro atoms. The standard InChI is InChI=1S/C16H22BrClO/c1-2-19-13-9-10-14(15(17)11-13)16(18)12-7-5-3-4-6-8-12/h9-12,16H,2-8H2,1H3. The van der Waals surface area contributed by atoms with Gasteiger partial charge in [0.25, 0.3) is 0 Å². The Labute approximate surface area is 129 Å². The minimum Gasteiger partial charge on any atom is -0.494 e. The topological polar surface area (TPSA) is 9.23 Å². The molecular weight excluding hydrogens is 324 g/mol. The second-order valence-electron chi connectivity index (χ2n) is 5.27. The lowest BCUT2D eigenvalue weighted by atomic mass is 9.92. The first-order valence-electron chi connectivity index (χ1n) is 7.28. The average Bonchev–Trinajstić information content (AvgIpc) is 2.67. The Morgan fingerprint density at radius 3 is 2.53 bits per heavy atom. The van der Waals surface area contributed by atoms with Gasteiger partial charge in [-0.1, -0.05) is 47.7 Å². The first-order chi connectivity index (χ1) is 9.22. The van der Waals surface area contributed by atoms with Gasteiger partial charge in [0.2, 0.25) is 0 Å². The summed E-state index contributed by atoms with van der Waals surface area (Å²) < 4.78 is 6.59. The summed E-state index contributed by atoms with van der Waals surface area (Å²) in [5, 5.41) is 0.114. The van der Waals surface area contributed by atoms with Crippen LogP contribution in [0.5, 0.6) is 5.75 Å². The van der Waals surface area contributed by atoms with Crippen LogP contribution in [0.15, 0.2) is 22.7 Å². The molecule has 1 saturated carbocycles. The number of rotatable bonds is 4. The van der Waals surface area contributed by atoms with E-state index in [4.69, 9.17) is 16.3 Å². The van der Waals surface area contributed by atoms with E-state index in [0.717, 1.165) is 10.2 Å².